The number of carbonyl (C=O) groups is 2. The van der Waals surface area contributed by atoms with Crippen molar-refractivity contribution in [2.75, 3.05) is 11.9 Å². The van der Waals surface area contributed by atoms with Crippen LogP contribution in [0.3, 0.4) is 0 Å². The Labute approximate surface area is 192 Å². The number of nitrogens with one attached hydrogen (secondary N) is 1. The molecule has 1 aliphatic rings. The van der Waals surface area contributed by atoms with Crippen LogP contribution in [0.15, 0.2) is 36.7 Å². The van der Waals surface area contributed by atoms with E-state index in [4.69, 9.17) is 5.26 Å². The van der Waals surface area contributed by atoms with Gasteiger partial charge in [0.05, 0.1) is 23.5 Å². The van der Waals surface area contributed by atoms with Crippen LogP contribution in [0.25, 0.3) is 11.0 Å². The van der Waals surface area contributed by atoms with Crippen molar-refractivity contribution >= 4 is 28.7 Å². The van der Waals surface area contributed by atoms with Crippen LogP contribution in [0.1, 0.15) is 59.7 Å². The van der Waals surface area contributed by atoms with E-state index >= 15 is 0 Å². The molecular weight excluding hydrogens is 418 g/mol. The molecule has 2 aromatic heterocycles. The number of hydrogen-bond acceptors (Lipinski definition) is 4. The Hall–Kier alpha value is -3.86. The Morgan fingerprint density at radius 2 is 2.09 bits per heavy atom. The van der Waals surface area contributed by atoms with Crippen molar-refractivity contribution in [3.63, 3.8) is 0 Å². The number of nitriles is 1. The largest absolute Gasteiger partial charge is 0.465 e. The van der Waals surface area contributed by atoms with Crippen LogP contribution in [0.5, 0.6) is 0 Å². The third kappa shape index (κ3) is 4.02. The van der Waals surface area contributed by atoms with Crippen molar-refractivity contribution in [1.29, 1.82) is 5.26 Å². The number of piperidine rings is 1. The molecule has 8 heteroatoms. The number of aromatic nitrogens is 2. The Bertz CT molecular complexity index is 1300. The summed E-state index contributed by atoms with van der Waals surface area (Å²) in [6, 6.07) is 8.62. The summed E-state index contributed by atoms with van der Waals surface area (Å²) in [6.45, 7) is 6.36. The first-order chi connectivity index (χ1) is 15.6. The van der Waals surface area contributed by atoms with Crippen LogP contribution in [0.2, 0.25) is 0 Å². The van der Waals surface area contributed by atoms with Gasteiger partial charge < -0.3 is 19.9 Å². The van der Waals surface area contributed by atoms with Gasteiger partial charge >= 0.3 is 6.09 Å². The minimum absolute atomic E-state index is 0.179. The van der Waals surface area contributed by atoms with Gasteiger partial charge in [-0.15, -0.1) is 0 Å². The third-order valence-corrected chi connectivity index (χ3v) is 6.62. The molecule has 1 aromatic carbocycles. The first-order valence-corrected chi connectivity index (χ1v) is 10.9. The van der Waals surface area contributed by atoms with E-state index in [-0.39, 0.29) is 11.8 Å². The Balaban J connectivity index is 1.69. The van der Waals surface area contributed by atoms with Crippen molar-refractivity contribution < 1.29 is 14.7 Å². The zero-order valence-electron chi connectivity index (χ0n) is 19.2. The fourth-order valence-corrected chi connectivity index (χ4v) is 4.92. The average Bonchev–Trinajstić information content (AvgIpc) is 3.11. The van der Waals surface area contributed by atoms with E-state index in [0.29, 0.717) is 29.8 Å². The van der Waals surface area contributed by atoms with Gasteiger partial charge in [-0.1, -0.05) is 6.07 Å². The zero-order chi connectivity index (χ0) is 23.9. The Morgan fingerprint density at radius 3 is 2.76 bits per heavy atom. The summed E-state index contributed by atoms with van der Waals surface area (Å²) in [5.74, 6) is -0.122. The lowest BCUT2D eigenvalue weighted by molar-refractivity contribution is 0.0608. The summed E-state index contributed by atoms with van der Waals surface area (Å²) < 4.78 is 1.98. The number of pyridine rings is 1. The molecule has 0 radical (unpaired) electrons. The maximum Gasteiger partial charge on any atom is 0.407 e. The fraction of sp³-hybridized carbons (Fsp3) is 0.360. The summed E-state index contributed by atoms with van der Waals surface area (Å²) in [5.41, 5.74) is 3.83. The number of hydrogen-bond donors (Lipinski definition) is 2. The summed E-state index contributed by atoms with van der Waals surface area (Å²) in [7, 11) is 1.95. The molecule has 0 saturated carbocycles. The monoisotopic (exact) mass is 445 g/mol. The number of benzene rings is 1. The molecule has 0 bridgehead atoms. The maximum absolute atomic E-state index is 12.8. The van der Waals surface area contributed by atoms with Crippen LogP contribution in [-0.4, -0.2) is 43.6 Å². The van der Waals surface area contributed by atoms with Crippen molar-refractivity contribution in [2.24, 2.45) is 7.05 Å². The topological polar surface area (TPSA) is 111 Å². The molecule has 0 aliphatic carbocycles. The number of anilines is 1. The molecule has 1 aliphatic heterocycles. The molecule has 1 fully saturated rings. The van der Waals surface area contributed by atoms with Gasteiger partial charge in [-0.25, -0.2) is 9.78 Å². The number of likely N-dealkylation sites (tertiary alicyclic amines) is 1. The molecular formula is C25H27N5O3. The predicted molar refractivity (Wildman–Crippen MR) is 125 cm³/mol. The smallest absolute Gasteiger partial charge is 0.407 e. The highest BCUT2D eigenvalue weighted by atomic mass is 16.4. The quantitative estimate of drug-likeness (QED) is 0.610. The van der Waals surface area contributed by atoms with E-state index < -0.39 is 11.6 Å². The second-order valence-corrected chi connectivity index (χ2v) is 9.27. The van der Waals surface area contributed by atoms with Crippen molar-refractivity contribution in [1.82, 2.24) is 14.5 Å². The summed E-state index contributed by atoms with van der Waals surface area (Å²) in [6.07, 6.45) is 4.27. The molecule has 2 amide bonds. The minimum atomic E-state index is -0.889. The molecule has 4 rings (SSSR count). The normalized spacial score (nSPS) is 17.5. The Kier molecular flexibility index (Phi) is 5.58. The van der Waals surface area contributed by atoms with Gasteiger partial charge in [0, 0.05) is 36.3 Å². The van der Waals surface area contributed by atoms with Crippen LogP contribution in [0, 0.1) is 18.3 Å². The third-order valence-electron chi connectivity index (χ3n) is 6.62. The molecule has 2 N–H and O–H groups in total. The van der Waals surface area contributed by atoms with Gasteiger partial charge in [0.1, 0.15) is 5.65 Å². The highest BCUT2D eigenvalue weighted by Crippen LogP contribution is 2.42. The van der Waals surface area contributed by atoms with Crippen molar-refractivity contribution in [3.05, 3.63) is 58.9 Å². The van der Waals surface area contributed by atoms with E-state index in [1.165, 1.54) is 4.90 Å². The lowest BCUT2D eigenvalue weighted by atomic mass is 9.79. The van der Waals surface area contributed by atoms with Gasteiger partial charge in [-0.2, -0.15) is 5.26 Å². The van der Waals surface area contributed by atoms with E-state index in [1.807, 2.05) is 38.5 Å². The van der Waals surface area contributed by atoms with Crippen LogP contribution in [-0.2, 0) is 7.05 Å². The Morgan fingerprint density at radius 1 is 1.33 bits per heavy atom. The van der Waals surface area contributed by atoms with Gasteiger partial charge in [0.2, 0.25) is 0 Å². The van der Waals surface area contributed by atoms with Gasteiger partial charge in [-0.05, 0) is 68.9 Å². The first kappa shape index (κ1) is 22.3. The standard InChI is InChI=1S/C25H27N5O3/c1-15-20(28-23(31)17-7-5-6-16(10-17)12-26)13-27-22-21(15)19(14-29(22)4)18-8-9-30(24(32)33)25(2,3)11-18/h5-7,10,13-14,18H,8-9,11H2,1-4H3,(H,28,31)(H,32,33). The molecule has 170 valence electrons. The molecule has 1 atom stereocenters. The van der Waals surface area contributed by atoms with E-state index in [2.05, 4.69) is 16.5 Å². The molecule has 8 nitrogen and oxygen atoms in total. The van der Waals surface area contributed by atoms with E-state index in [0.717, 1.165) is 28.6 Å². The van der Waals surface area contributed by atoms with Crippen LogP contribution < -0.4 is 5.32 Å². The molecule has 0 spiro atoms. The first-order valence-electron chi connectivity index (χ1n) is 10.9. The number of amides is 2. The average molecular weight is 446 g/mol. The molecule has 3 aromatic rings. The zero-order valence-corrected chi connectivity index (χ0v) is 19.2. The van der Waals surface area contributed by atoms with Gasteiger partial charge in [0.15, 0.2) is 0 Å². The predicted octanol–water partition coefficient (Wildman–Crippen LogP) is 4.64. The van der Waals surface area contributed by atoms with E-state index in [9.17, 15) is 14.7 Å². The van der Waals surface area contributed by atoms with Crippen LogP contribution in [0.4, 0.5) is 10.5 Å². The molecule has 1 unspecified atom stereocenters. The number of fused-ring (bicyclic) bond motifs is 1. The lowest BCUT2D eigenvalue weighted by Crippen LogP contribution is -2.51. The summed E-state index contributed by atoms with van der Waals surface area (Å²) in [4.78, 5) is 30.6. The maximum atomic E-state index is 12.8. The number of aryl methyl sites for hydroxylation is 2. The van der Waals surface area contributed by atoms with Crippen LogP contribution >= 0.6 is 0 Å². The highest BCUT2D eigenvalue weighted by Gasteiger charge is 2.39. The van der Waals surface area contributed by atoms with Crippen molar-refractivity contribution in [2.45, 2.75) is 45.1 Å². The molecule has 1 saturated heterocycles. The van der Waals surface area contributed by atoms with Gasteiger partial charge in [-0.3, -0.25) is 4.79 Å². The molecule has 33 heavy (non-hydrogen) atoms. The number of carboxylic acid groups (broad SMARTS) is 1. The van der Waals surface area contributed by atoms with Crippen molar-refractivity contribution in [3.8, 4) is 6.07 Å². The number of rotatable bonds is 3. The second kappa shape index (κ2) is 8.24. The summed E-state index contributed by atoms with van der Waals surface area (Å²) >= 11 is 0. The number of carbonyl (C=O) groups excluding carboxylic acids is 1. The minimum Gasteiger partial charge on any atom is -0.465 e. The fourth-order valence-electron chi connectivity index (χ4n) is 4.92. The molecule has 3 heterocycles. The lowest BCUT2D eigenvalue weighted by Gasteiger charge is -2.44. The van der Waals surface area contributed by atoms with Gasteiger partial charge in [0.25, 0.3) is 5.91 Å². The summed E-state index contributed by atoms with van der Waals surface area (Å²) in [5, 5.41) is 22.6. The van der Waals surface area contributed by atoms with E-state index in [1.54, 1.807) is 30.5 Å². The second-order valence-electron chi connectivity index (χ2n) is 9.27. The SMILES string of the molecule is Cc1c(NC(=O)c2cccc(C#N)c2)cnc2c1c(C1CCN(C(=O)O)C(C)(C)C1)cn2C. The highest BCUT2D eigenvalue weighted by molar-refractivity contribution is 6.06. The number of nitrogens with zero attached hydrogens (tertiary/aromatic N) is 4.